The molecule has 5 rings (SSSR count). The second-order valence-electron chi connectivity index (χ2n) is 18.0. The van der Waals surface area contributed by atoms with Gasteiger partial charge in [-0.2, -0.15) is 0 Å². The number of amides is 2. The highest BCUT2D eigenvalue weighted by molar-refractivity contribution is 6.74. The summed E-state index contributed by atoms with van der Waals surface area (Å²) in [7, 11) is 2.37. The predicted molar refractivity (Wildman–Crippen MR) is 256 cm³/mol. The number of ether oxygens (including phenoxy) is 4. The molecule has 0 radical (unpaired) electrons. The molecule has 1 saturated heterocycles. The zero-order valence-electron chi connectivity index (χ0n) is 39.3. The number of carbonyl (C=O) groups is 4. The molecular weight excluding hydrogens is 839 g/mol. The van der Waals surface area contributed by atoms with E-state index in [9.17, 15) is 19.2 Å². The summed E-state index contributed by atoms with van der Waals surface area (Å²) in [6, 6.07) is 33.4. The maximum absolute atomic E-state index is 14.2. The Labute approximate surface area is 386 Å². The van der Waals surface area contributed by atoms with E-state index in [0.717, 1.165) is 40.8 Å². The van der Waals surface area contributed by atoms with Gasteiger partial charge in [-0.15, -0.1) is 0 Å². The number of carbonyl (C=O) groups excluding carboxylic acids is 4. The first-order valence-corrected chi connectivity index (χ1v) is 25.5. The minimum Gasteiger partial charge on any atom is -0.497 e. The minimum atomic E-state index is -2.17. The van der Waals surface area contributed by atoms with Crippen LogP contribution in [0.1, 0.15) is 92.8 Å². The molecule has 65 heavy (non-hydrogen) atoms. The van der Waals surface area contributed by atoms with Crippen molar-refractivity contribution in [1.82, 2.24) is 10.2 Å². The summed E-state index contributed by atoms with van der Waals surface area (Å²) in [5.74, 6) is 0.321. The molecule has 2 amide bonds. The van der Waals surface area contributed by atoms with Crippen LogP contribution in [0, 0.1) is 0 Å². The summed E-state index contributed by atoms with van der Waals surface area (Å²) in [6.45, 7) is 12.3. The standard InChI is InChI=1S/C52H67N3O9Si/c1-51(2,3)65(7,8)64-45-34-42(37-63-52(39-20-14-10-15-21-39,40-23-27-43(60-4)28-24-40)41-25-29-44(61-5)30-26-41)55(36-45)49(58)22-16-11-17-33-53-48(57)32-31-46(50(59)62-6)54-35-47(56)38-18-12-9-13-19-38/h9-10,12-15,18-21,23-30,35,42,45-46H,11,16-17,22,31-34,36-37H2,1-8H3,(H,53,57)/t42-,45+,46-/m0/s1. The van der Waals surface area contributed by atoms with Crippen LogP contribution in [0.15, 0.2) is 114 Å². The molecule has 4 aromatic rings. The summed E-state index contributed by atoms with van der Waals surface area (Å²) >= 11 is 0. The fraction of sp³-hybridized carbons (Fsp3) is 0.442. The van der Waals surface area contributed by atoms with Crippen molar-refractivity contribution < 1.29 is 42.6 Å². The third-order valence-electron chi connectivity index (χ3n) is 12.6. The largest absolute Gasteiger partial charge is 0.497 e. The Kier molecular flexibility index (Phi) is 18.2. The van der Waals surface area contributed by atoms with Crippen LogP contribution in [0.2, 0.25) is 18.1 Å². The van der Waals surface area contributed by atoms with Crippen molar-refractivity contribution in [1.29, 1.82) is 0 Å². The van der Waals surface area contributed by atoms with Crippen molar-refractivity contribution >= 4 is 38.1 Å². The molecule has 1 aliphatic rings. The molecule has 0 unspecified atom stereocenters. The van der Waals surface area contributed by atoms with Crippen LogP contribution in [-0.2, 0) is 33.9 Å². The van der Waals surface area contributed by atoms with Gasteiger partial charge in [-0.25, -0.2) is 4.79 Å². The van der Waals surface area contributed by atoms with E-state index < -0.39 is 25.9 Å². The fourth-order valence-electron chi connectivity index (χ4n) is 7.84. The van der Waals surface area contributed by atoms with E-state index in [1.807, 2.05) is 71.6 Å². The molecule has 1 aliphatic heterocycles. The second-order valence-corrected chi connectivity index (χ2v) is 22.8. The Morgan fingerprint density at radius 3 is 1.89 bits per heavy atom. The van der Waals surface area contributed by atoms with Crippen molar-refractivity contribution in [2.24, 2.45) is 4.99 Å². The number of Topliss-reactive ketones (excluding diaryl/α,β-unsaturated/α-hetero) is 1. The molecule has 0 aliphatic carbocycles. The number of rotatable bonds is 23. The van der Waals surface area contributed by atoms with Gasteiger partial charge in [0, 0.05) is 31.5 Å². The zero-order chi connectivity index (χ0) is 47.0. The Morgan fingerprint density at radius 1 is 0.769 bits per heavy atom. The molecule has 1 N–H and O–H groups in total. The van der Waals surface area contributed by atoms with Gasteiger partial charge < -0.3 is 33.6 Å². The number of likely N-dealkylation sites (tertiary alicyclic amines) is 1. The van der Waals surface area contributed by atoms with E-state index in [1.54, 1.807) is 44.6 Å². The van der Waals surface area contributed by atoms with Gasteiger partial charge in [-0.1, -0.05) is 112 Å². The quantitative estimate of drug-likeness (QED) is 0.0193. The van der Waals surface area contributed by atoms with Crippen LogP contribution in [0.5, 0.6) is 11.5 Å². The first kappa shape index (κ1) is 50.4. The van der Waals surface area contributed by atoms with Gasteiger partial charge >= 0.3 is 5.97 Å². The molecule has 0 saturated carbocycles. The molecule has 3 atom stereocenters. The highest BCUT2D eigenvalue weighted by Crippen LogP contribution is 2.43. The lowest BCUT2D eigenvalue weighted by Gasteiger charge is -2.38. The molecule has 0 spiro atoms. The van der Waals surface area contributed by atoms with Crippen molar-refractivity contribution in [2.45, 2.75) is 108 Å². The van der Waals surface area contributed by atoms with Crippen molar-refractivity contribution in [2.75, 3.05) is 41.0 Å². The van der Waals surface area contributed by atoms with Gasteiger partial charge in [0.25, 0.3) is 0 Å². The average molecular weight is 906 g/mol. The number of hydrogen-bond acceptors (Lipinski definition) is 10. The Balaban J connectivity index is 1.24. The number of methoxy groups -OCH3 is 3. The first-order valence-electron chi connectivity index (χ1n) is 22.5. The molecule has 0 bridgehead atoms. The monoisotopic (exact) mass is 905 g/mol. The summed E-state index contributed by atoms with van der Waals surface area (Å²) < 4.78 is 30.2. The van der Waals surface area contributed by atoms with Gasteiger partial charge in [0.05, 0.1) is 46.3 Å². The number of benzene rings is 4. The normalized spacial score (nSPS) is 16.0. The number of nitrogens with zero attached hydrogens (tertiary/aromatic N) is 2. The highest BCUT2D eigenvalue weighted by atomic mass is 28.4. The number of ketones is 1. The summed E-state index contributed by atoms with van der Waals surface area (Å²) in [5.41, 5.74) is 2.19. The van der Waals surface area contributed by atoms with Gasteiger partial charge in [0.1, 0.15) is 23.1 Å². The van der Waals surface area contributed by atoms with Gasteiger partial charge in [-0.3, -0.25) is 19.4 Å². The second kappa shape index (κ2) is 23.5. The highest BCUT2D eigenvalue weighted by Gasteiger charge is 2.45. The van der Waals surface area contributed by atoms with E-state index in [0.29, 0.717) is 44.3 Å². The number of esters is 1. The Hall–Kier alpha value is -5.63. The summed E-state index contributed by atoms with van der Waals surface area (Å²) in [4.78, 5) is 57.9. The lowest BCUT2D eigenvalue weighted by Crippen LogP contribution is -2.45. The zero-order valence-corrected chi connectivity index (χ0v) is 40.3. The number of aliphatic imine (C=N–C) groups is 1. The average Bonchev–Trinajstić information content (AvgIpc) is 3.72. The van der Waals surface area contributed by atoms with Crippen LogP contribution >= 0.6 is 0 Å². The van der Waals surface area contributed by atoms with Crippen LogP contribution in [0.25, 0.3) is 0 Å². The SMILES string of the molecule is COC(=O)[C@H](CCC(=O)NCCCCCC(=O)N1C[C@H](O[Si](C)(C)C(C)(C)C)C[C@H]1COC(c1ccccc1)(c1ccc(OC)cc1)c1ccc(OC)cc1)N=CC(=O)c1ccccc1. The molecule has 4 aromatic carbocycles. The van der Waals surface area contributed by atoms with E-state index in [1.165, 1.54) is 7.11 Å². The smallest absolute Gasteiger partial charge is 0.330 e. The summed E-state index contributed by atoms with van der Waals surface area (Å²) in [6.07, 6.45) is 4.15. The predicted octanol–water partition coefficient (Wildman–Crippen LogP) is 8.96. The van der Waals surface area contributed by atoms with E-state index in [4.69, 9.17) is 23.4 Å². The fourth-order valence-corrected chi connectivity index (χ4v) is 9.20. The minimum absolute atomic E-state index is 0.00299. The van der Waals surface area contributed by atoms with Crippen molar-refractivity contribution in [3.05, 3.63) is 131 Å². The molecule has 1 fully saturated rings. The van der Waals surface area contributed by atoms with Crippen LogP contribution in [-0.4, -0.2) is 102 Å². The summed E-state index contributed by atoms with van der Waals surface area (Å²) in [5, 5.41) is 2.91. The van der Waals surface area contributed by atoms with Gasteiger partial charge in [0.15, 0.2) is 8.32 Å². The van der Waals surface area contributed by atoms with Gasteiger partial charge in [-0.05, 0) is 84.8 Å². The van der Waals surface area contributed by atoms with Crippen LogP contribution in [0.3, 0.4) is 0 Å². The molecule has 12 nitrogen and oxygen atoms in total. The van der Waals surface area contributed by atoms with E-state index >= 15 is 0 Å². The number of hydrogen-bond donors (Lipinski definition) is 1. The molecular formula is C52H67N3O9Si. The topological polar surface area (TPSA) is 142 Å². The lowest BCUT2D eigenvalue weighted by atomic mass is 9.80. The first-order chi connectivity index (χ1) is 31.1. The number of unbranched alkanes of at least 4 members (excludes halogenated alkanes) is 2. The van der Waals surface area contributed by atoms with Crippen molar-refractivity contribution in [3.63, 3.8) is 0 Å². The van der Waals surface area contributed by atoms with Crippen LogP contribution < -0.4 is 14.8 Å². The maximum Gasteiger partial charge on any atom is 0.330 e. The Morgan fingerprint density at radius 2 is 1.34 bits per heavy atom. The molecule has 13 heteroatoms. The maximum atomic E-state index is 14.2. The Bertz CT molecular complexity index is 2130. The molecule has 348 valence electrons. The van der Waals surface area contributed by atoms with E-state index in [2.05, 4.69) is 56.3 Å². The van der Waals surface area contributed by atoms with E-state index in [-0.39, 0.29) is 54.2 Å². The van der Waals surface area contributed by atoms with Gasteiger partial charge in [0.2, 0.25) is 17.6 Å². The van der Waals surface area contributed by atoms with Crippen LogP contribution in [0.4, 0.5) is 0 Å². The third-order valence-corrected chi connectivity index (χ3v) is 17.1. The lowest BCUT2D eigenvalue weighted by molar-refractivity contribution is -0.142. The number of nitrogens with one attached hydrogen (secondary N) is 1. The van der Waals surface area contributed by atoms with Crippen molar-refractivity contribution in [3.8, 4) is 11.5 Å². The molecule has 0 aromatic heterocycles. The molecule has 1 heterocycles. The third kappa shape index (κ3) is 13.5.